The molecule has 9 heteroatoms. The standard InChI is InChI=1S/2C16H27O3Si.2C4H9.Sn/c2*1-3-5-10-14-18-20(17,19-15-11-6-4-2)16-12-8-7-9-13-16;2*1-3-4-2;/h2*7-9,12-13H,3-6,10-11,14-15H2,1-2H3;2*1,3-4H2,2H3;/q2*-1;;;+2. The van der Waals surface area contributed by atoms with Gasteiger partial charge in [0.05, 0.1) is 0 Å². The van der Waals surface area contributed by atoms with Crippen LogP contribution in [0.5, 0.6) is 0 Å². The number of rotatable bonds is 32. The molecule has 0 N–H and O–H groups in total. The monoisotopic (exact) mass is 824 g/mol. The van der Waals surface area contributed by atoms with Crippen molar-refractivity contribution in [2.24, 2.45) is 0 Å². The van der Waals surface area contributed by atoms with Crippen molar-refractivity contribution in [3.63, 3.8) is 0 Å². The van der Waals surface area contributed by atoms with Crippen LogP contribution in [0.15, 0.2) is 60.7 Å². The number of hydrogen-bond donors (Lipinski definition) is 0. The normalized spacial score (nSPS) is 12.5. The Balaban J connectivity index is 2.79. The molecule has 6 nitrogen and oxygen atoms in total. The molecule has 0 saturated heterocycles. The zero-order valence-corrected chi connectivity index (χ0v) is 37.1. The third kappa shape index (κ3) is 16.3. The Hall–Kier alpha value is -0.568. The average Bonchev–Trinajstić information content (AvgIpc) is 3.14. The van der Waals surface area contributed by atoms with Crippen molar-refractivity contribution < 1.29 is 23.2 Å². The molecular weight excluding hydrogens is 751 g/mol. The van der Waals surface area contributed by atoms with Crippen LogP contribution in [0.3, 0.4) is 0 Å². The first-order valence-electron chi connectivity index (χ1n) is 20.1. The Bertz CT molecular complexity index is 940. The van der Waals surface area contributed by atoms with E-state index in [9.17, 15) is 0 Å². The second kappa shape index (κ2) is 27.1. The van der Waals surface area contributed by atoms with Gasteiger partial charge in [0.25, 0.3) is 0 Å². The summed E-state index contributed by atoms with van der Waals surface area (Å²) in [5.74, 6) is 0. The van der Waals surface area contributed by atoms with E-state index in [0.717, 1.165) is 122 Å². The van der Waals surface area contributed by atoms with E-state index >= 15 is 0 Å². The molecule has 2 aromatic rings. The molecule has 0 fully saturated rings. The van der Waals surface area contributed by atoms with Crippen LogP contribution in [0, 0.1) is 0 Å². The molecule has 2 aromatic carbocycles. The molecule has 0 aliphatic carbocycles. The van der Waals surface area contributed by atoms with Crippen LogP contribution in [0.1, 0.15) is 144 Å². The van der Waals surface area contributed by atoms with Gasteiger partial charge in [-0.2, -0.15) is 0 Å². The van der Waals surface area contributed by atoms with E-state index in [1.165, 1.54) is 0 Å². The molecule has 0 radical (unpaired) electrons. The second-order valence-electron chi connectivity index (χ2n) is 13.4. The predicted molar refractivity (Wildman–Crippen MR) is 213 cm³/mol. The molecule has 0 aromatic heterocycles. The molecule has 0 aliphatic heterocycles. The predicted octanol–water partition coefficient (Wildman–Crippen LogP) is 10.6. The van der Waals surface area contributed by atoms with Crippen LogP contribution in [0.2, 0.25) is 8.87 Å². The molecule has 0 saturated carbocycles. The molecular formula is C40H72O6Si2Sn. The van der Waals surface area contributed by atoms with E-state index in [1.54, 1.807) is 0 Å². The van der Waals surface area contributed by atoms with Crippen molar-refractivity contribution in [1.29, 1.82) is 0 Å². The Morgan fingerprint density at radius 2 is 0.673 bits per heavy atom. The number of benzene rings is 2. The van der Waals surface area contributed by atoms with Crippen LogP contribution in [-0.2, 0) is 23.2 Å². The molecule has 49 heavy (non-hydrogen) atoms. The van der Waals surface area contributed by atoms with Gasteiger partial charge in [0.1, 0.15) is 0 Å². The van der Waals surface area contributed by atoms with Crippen LogP contribution in [0.4, 0.5) is 0 Å². The van der Waals surface area contributed by atoms with Gasteiger partial charge in [-0.15, -0.1) is 0 Å². The van der Waals surface area contributed by atoms with Crippen LogP contribution >= 0.6 is 0 Å². The van der Waals surface area contributed by atoms with Crippen molar-refractivity contribution in [1.82, 2.24) is 0 Å². The van der Waals surface area contributed by atoms with E-state index in [1.807, 2.05) is 0 Å². The first-order valence-corrected chi connectivity index (χ1v) is 29.9. The van der Waals surface area contributed by atoms with Gasteiger partial charge in [-0.25, -0.2) is 0 Å². The minimum absolute atomic E-state index is 0.620. The molecule has 0 spiro atoms. The van der Waals surface area contributed by atoms with Gasteiger partial charge in [0.2, 0.25) is 0 Å². The molecule has 0 amide bonds. The molecule has 0 heterocycles. The van der Waals surface area contributed by atoms with Gasteiger partial charge in [-0.3, -0.25) is 0 Å². The Kier molecular flexibility index (Phi) is 24.7. The van der Waals surface area contributed by atoms with Crippen LogP contribution in [0.25, 0.3) is 0 Å². The van der Waals surface area contributed by atoms with Gasteiger partial charge in [0, 0.05) is 0 Å². The van der Waals surface area contributed by atoms with Crippen molar-refractivity contribution in [2.45, 2.75) is 153 Å². The summed E-state index contributed by atoms with van der Waals surface area (Å²) in [6.07, 6.45) is 17.2. The summed E-state index contributed by atoms with van der Waals surface area (Å²) in [7, 11) is -6.83. The zero-order chi connectivity index (χ0) is 35.5. The summed E-state index contributed by atoms with van der Waals surface area (Å²) < 4.78 is 45.8. The van der Waals surface area contributed by atoms with Crippen molar-refractivity contribution in [2.75, 3.05) is 26.4 Å². The quantitative estimate of drug-likeness (QED) is 0.0541. The number of hydrogen-bond acceptors (Lipinski definition) is 6. The molecule has 280 valence electrons. The summed E-state index contributed by atoms with van der Waals surface area (Å²) in [5, 5.41) is 2.08. The molecule has 0 atom stereocenters. The topological polar surface area (TPSA) is 55.4 Å². The summed E-state index contributed by atoms with van der Waals surface area (Å²) >= 11 is -4.21. The first kappa shape index (κ1) is 44.6. The average molecular weight is 824 g/mol. The summed E-state index contributed by atoms with van der Waals surface area (Å²) in [6, 6.07) is 21.2. The van der Waals surface area contributed by atoms with E-state index < -0.39 is 36.8 Å². The Morgan fingerprint density at radius 3 is 0.939 bits per heavy atom. The summed E-state index contributed by atoms with van der Waals surface area (Å²) in [4.78, 5) is 0. The molecule has 0 bridgehead atoms. The zero-order valence-electron chi connectivity index (χ0n) is 32.3. The van der Waals surface area contributed by atoms with Crippen molar-refractivity contribution in [3.8, 4) is 0 Å². The summed E-state index contributed by atoms with van der Waals surface area (Å²) in [5.41, 5.74) is 0. The fourth-order valence-electron chi connectivity index (χ4n) is 5.90. The maximum absolute atomic E-state index is 7.87. The molecule has 0 unspecified atom stereocenters. The Labute approximate surface area is 309 Å². The van der Waals surface area contributed by atoms with E-state index in [2.05, 4.69) is 102 Å². The van der Waals surface area contributed by atoms with Gasteiger partial charge < -0.3 is 0 Å². The minimum atomic E-state index is -4.21. The van der Waals surface area contributed by atoms with Crippen molar-refractivity contribution >= 4 is 47.2 Å². The SMILES string of the molecule is CCCCCO[Si](OCCCCC)([O][Sn]([CH2]CCC)([CH2]CCC)[O][Si](OCCCCC)(OCCCCC)c1ccccc1)c1ccccc1. The maximum atomic E-state index is 7.87. The van der Waals surface area contributed by atoms with Gasteiger partial charge in [0.15, 0.2) is 0 Å². The van der Waals surface area contributed by atoms with E-state index in [4.69, 9.17) is 23.2 Å². The van der Waals surface area contributed by atoms with Gasteiger partial charge in [-0.1, -0.05) is 0 Å². The van der Waals surface area contributed by atoms with Crippen LogP contribution in [-0.4, -0.2) is 63.2 Å². The Morgan fingerprint density at radius 1 is 0.388 bits per heavy atom. The van der Waals surface area contributed by atoms with E-state index in [-0.39, 0.29) is 0 Å². The third-order valence-corrected chi connectivity index (χ3v) is 31.9. The van der Waals surface area contributed by atoms with Crippen molar-refractivity contribution in [3.05, 3.63) is 60.7 Å². The third-order valence-electron chi connectivity index (χ3n) is 8.88. The second-order valence-corrected chi connectivity index (χ2v) is 29.9. The first-order chi connectivity index (χ1) is 24.0. The molecule has 2 rings (SSSR count). The van der Waals surface area contributed by atoms with E-state index in [0.29, 0.717) is 26.4 Å². The summed E-state index contributed by atoms with van der Waals surface area (Å²) in [6.45, 7) is 16.0. The van der Waals surface area contributed by atoms with Gasteiger partial charge in [-0.05, 0) is 0 Å². The fourth-order valence-corrected chi connectivity index (χ4v) is 34.4. The van der Waals surface area contributed by atoms with Gasteiger partial charge >= 0.3 is 311 Å². The molecule has 0 aliphatic rings. The fraction of sp³-hybridized carbons (Fsp3) is 0.700. The van der Waals surface area contributed by atoms with Crippen LogP contribution < -0.4 is 10.4 Å². The number of unbranched alkanes of at least 4 members (excludes halogenated alkanes) is 10.